The molecule has 0 bridgehead atoms. The first-order chi connectivity index (χ1) is 13.7. The highest BCUT2D eigenvalue weighted by atomic mass is 79.9. The van der Waals surface area contributed by atoms with Crippen molar-refractivity contribution in [3.63, 3.8) is 0 Å². The van der Waals surface area contributed by atoms with Gasteiger partial charge in [0.1, 0.15) is 4.60 Å². The summed E-state index contributed by atoms with van der Waals surface area (Å²) in [4.78, 5) is 16.5. The number of carbonyl (C=O) groups excluding carboxylic acids is 1. The van der Waals surface area contributed by atoms with Gasteiger partial charge in [0.2, 0.25) is 5.91 Å². The number of nitrogens with two attached hydrogens (primary N) is 2. The number of benzene rings is 1. The zero-order chi connectivity index (χ0) is 20.9. The van der Waals surface area contributed by atoms with E-state index < -0.39 is 5.91 Å². The molecule has 0 unspecified atom stereocenters. The first-order valence-corrected chi connectivity index (χ1v) is 10.5. The van der Waals surface area contributed by atoms with Crippen molar-refractivity contribution in [1.29, 1.82) is 0 Å². The van der Waals surface area contributed by atoms with E-state index >= 15 is 0 Å². The molecule has 0 aliphatic heterocycles. The van der Waals surface area contributed by atoms with Gasteiger partial charge in [-0.3, -0.25) is 4.79 Å². The molecule has 1 amide bonds. The number of primary amides is 1. The Morgan fingerprint density at radius 3 is 2.72 bits per heavy atom. The Morgan fingerprint density at radius 2 is 2.10 bits per heavy atom. The number of nitrogens with zero attached hydrogens (tertiary/aromatic N) is 3. The molecule has 0 radical (unpaired) electrons. The lowest BCUT2D eigenvalue weighted by molar-refractivity contribution is 0.0999. The van der Waals surface area contributed by atoms with Crippen molar-refractivity contribution < 1.29 is 4.79 Å². The second-order valence-corrected chi connectivity index (χ2v) is 9.25. The highest BCUT2D eigenvalue weighted by molar-refractivity contribution is 9.10. The molecule has 1 saturated carbocycles. The van der Waals surface area contributed by atoms with Crippen LogP contribution in [0.1, 0.15) is 54.1 Å². The van der Waals surface area contributed by atoms with E-state index in [1.807, 2.05) is 43.6 Å². The molecule has 0 saturated heterocycles. The van der Waals surface area contributed by atoms with Crippen molar-refractivity contribution in [2.75, 3.05) is 11.9 Å². The third-order valence-electron chi connectivity index (χ3n) is 5.21. The van der Waals surface area contributed by atoms with Gasteiger partial charge in [-0.15, -0.1) is 0 Å². The SMILES string of the molecule is Cc1c(C(N)=O)ccc(-c2cnc3c(NCC(C)(C)N)cc(Br)nn23)c1C1CC1. The Morgan fingerprint density at radius 1 is 1.38 bits per heavy atom. The van der Waals surface area contributed by atoms with E-state index in [4.69, 9.17) is 11.5 Å². The standard InChI is InChI=1S/C21H25BrN6O/c1-11-13(19(23)29)6-7-14(18(11)12-4-5-12)16-9-25-20-15(26-10-21(2,3)24)8-17(22)27-28(16)20/h6-9,12,26H,4-5,10,24H2,1-3H3,(H2,23,29). The van der Waals surface area contributed by atoms with Crippen molar-refractivity contribution in [2.24, 2.45) is 11.5 Å². The molecule has 152 valence electrons. The lowest BCUT2D eigenvalue weighted by Crippen LogP contribution is -2.39. The van der Waals surface area contributed by atoms with Gasteiger partial charge >= 0.3 is 0 Å². The number of rotatable bonds is 6. The molecule has 1 aliphatic carbocycles. The molecule has 3 aromatic rings. The third kappa shape index (κ3) is 3.86. The molecule has 1 aromatic carbocycles. The minimum atomic E-state index is -0.397. The summed E-state index contributed by atoms with van der Waals surface area (Å²) in [5.74, 6) is 0.0449. The van der Waals surface area contributed by atoms with Crippen LogP contribution in [0.5, 0.6) is 0 Å². The molecule has 8 heteroatoms. The largest absolute Gasteiger partial charge is 0.380 e. The fourth-order valence-corrected chi connectivity index (χ4v) is 4.08. The molecule has 4 rings (SSSR count). The Kier molecular flexibility index (Phi) is 4.86. The molecular weight excluding hydrogens is 432 g/mol. The Hall–Kier alpha value is -2.45. The van der Waals surface area contributed by atoms with Crippen LogP contribution in [0.15, 0.2) is 29.0 Å². The average Bonchev–Trinajstić information content (AvgIpc) is 3.37. The zero-order valence-electron chi connectivity index (χ0n) is 16.8. The minimum Gasteiger partial charge on any atom is -0.380 e. The van der Waals surface area contributed by atoms with Crippen molar-refractivity contribution in [3.05, 3.63) is 45.7 Å². The van der Waals surface area contributed by atoms with Crippen molar-refractivity contribution >= 4 is 33.2 Å². The normalized spacial score (nSPS) is 14.4. The molecule has 0 atom stereocenters. The molecule has 2 heterocycles. The van der Waals surface area contributed by atoms with E-state index in [-0.39, 0.29) is 5.54 Å². The number of aromatic nitrogens is 3. The second kappa shape index (κ2) is 7.11. The topological polar surface area (TPSA) is 111 Å². The van der Waals surface area contributed by atoms with E-state index in [1.54, 1.807) is 6.07 Å². The number of carbonyl (C=O) groups is 1. The highest BCUT2D eigenvalue weighted by Gasteiger charge is 2.31. The maximum Gasteiger partial charge on any atom is 0.248 e. The predicted molar refractivity (Wildman–Crippen MR) is 118 cm³/mol. The number of halogens is 1. The zero-order valence-corrected chi connectivity index (χ0v) is 18.4. The Balaban J connectivity index is 1.87. The number of nitrogens with one attached hydrogen (secondary N) is 1. The minimum absolute atomic E-state index is 0.358. The van der Waals surface area contributed by atoms with E-state index in [9.17, 15) is 4.79 Å². The summed E-state index contributed by atoms with van der Waals surface area (Å²) in [5, 5.41) is 8.01. The predicted octanol–water partition coefficient (Wildman–Crippen LogP) is 3.59. The first-order valence-electron chi connectivity index (χ1n) is 9.66. The van der Waals surface area contributed by atoms with E-state index in [0.717, 1.165) is 41.0 Å². The number of fused-ring (bicyclic) bond motifs is 1. The summed E-state index contributed by atoms with van der Waals surface area (Å²) in [6.07, 6.45) is 4.06. The summed E-state index contributed by atoms with van der Waals surface area (Å²) in [6, 6.07) is 5.66. The Labute approximate surface area is 178 Å². The van der Waals surface area contributed by atoms with Gasteiger partial charge in [0.15, 0.2) is 5.65 Å². The summed E-state index contributed by atoms with van der Waals surface area (Å²) in [7, 11) is 0. The van der Waals surface area contributed by atoms with Gasteiger partial charge in [-0.05, 0) is 78.7 Å². The quantitative estimate of drug-likeness (QED) is 0.524. The summed E-state index contributed by atoms with van der Waals surface area (Å²) in [5.41, 5.74) is 17.5. The van der Waals surface area contributed by atoms with E-state index in [2.05, 4.69) is 31.3 Å². The van der Waals surface area contributed by atoms with Gasteiger partial charge < -0.3 is 16.8 Å². The molecule has 1 aliphatic rings. The maximum atomic E-state index is 11.8. The van der Waals surface area contributed by atoms with Gasteiger partial charge in [-0.25, -0.2) is 9.50 Å². The lowest BCUT2D eigenvalue weighted by atomic mass is 9.92. The van der Waals surface area contributed by atoms with Crippen molar-refractivity contribution in [2.45, 2.75) is 45.1 Å². The van der Waals surface area contributed by atoms with Crippen LogP contribution in [-0.4, -0.2) is 32.6 Å². The number of hydrogen-bond donors (Lipinski definition) is 3. The van der Waals surface area contributed by atoms with Crippen molar-refractivity contribution in [3.8, 4) is 11.3 Å². The van der Waals surface area contributed by atoms with E-state index in [0.29, 0.717) is 22.6 Å². The molecule has 1 fully saturated rings. The Bertz CT molecular complexity index is 1110. The summed E-state index contributed by atoms with van der Waals surface area (Å²) < 4.78 is 2.53. The number of hydrogen-bond acceptors (Lipinski definition) is 5. The fourth-order valence-electron chi connectivity index (χ4n) is 3.69. The third-order valence-corrected chi connectivity index (χ3v) is 5.60. The smallest absolute Gasteiger partial charge is 0.248 e. The fraction of sp³-hybridized carbons (Fsp3) is 0.381. The van der Waals surface area contributed by atoms with Crippen LogP contribution >= 0.6 is 15.9 Å². The molecule has 29 heavy (non-hydrogen) atoms. The van der Waals surface area contributed by atoms with Gasteiger partial charge in [-0.2, -0.15) is 5.10 Å². The molecule has 5 N–H and O–H groups in total. The summed E-state index contributed by atoms with van der Waals surface area (Å²) in [6.45, 7) is 6.51. The average molecular weight is 457 g/mol. The van der Waals surface area contributed by atoms with E-state index in [1.165, 1.54) is 5.56 Å². The van der Waals surface area contributed by atoms with Crippen LogP contribution in [0, 0.1) is 6.92 Å². The van der Waals surface area contributed by atoms with Crippen LogP contribution < -0.4 is 16.8 Å². The highest BCUT2D eigenvalue weighted by Crippen LogP contribution is 2.46. The van der Waals surface area contributed by atoms with Crippen LogP contribution in [0.2, 0.25) is 0 Å². The van der Waals surface area contributed by atoms with Gasteiger partial charge in [0.25, 0.3) is 0 Å². The maximum absolute atomic E-state index is 11.8. The van der Waals surface area contributed by atoms with Crippen LogP contribution in [0.4, 0.5) is 5.69 Å². The monoisotopic (exact) mass is 456 g/mol. The summed E-state index contributed by atoms with van der Waals surface area (Å²) >= 11 is 3.51. The van der Waals surface area contributed by atoms with Gasteiger partial charge in [0.05, 0.1) is 17.6 Å². The van der Waals surface area contributed by atoms with Crippen LogP contribution in [0.3, 0.4) is 0 Å². The van der Waals surface area contributed by atoms with Gasteiger partial charge in [0, 0.05) is 23.2 Å². The van der Waals surface area contributed by atoms with Crippen LogP contribution in [-0.2, 0) is 0 Å². The second-order valence-electron chi connectivity index (χ2n) is 8.44. The molecule has 2 aromatic heterocycles. The van der Waals surface area contributed by atoms with Crippen LogP contribution in [0.25, 0.3) is 16.9 Å². The molecule has 0 spiro atoms. The van der Waals surface area contributed by atoms with Crippen molar-refractivity contribution in [1.82, 2.24) is 14.6 Å². The number of anilines is 1. The number of amides is 1. The molecular formula is C21H25BrN6O. The molecule has 7 nitrogen and oxygen atoms in total. The lowest BCUT2D eigenvalue weighted by Gasteiger charge is -2.20. The first kappa shape index (κ1) is 19.8. The van der Waals surface area contributed by atoms with Gasteiger partial charge in [-0.1, -0.05) is 6.07 Å². The number of imidazole rings is 1.